The predicted octanol–water partition coefficient (Wildman–Crippen LogP) is 3.84. The maximum atomic E-state index is 7.12. The molecule has 0 heterocycles. The highest BCUT2D eigenvalue weighted by Gasteiger charge is 2.14. The lowest BCUT2D eigenvalue weighted by Crippen LogP contribution is -2.12. The summed E-state index contributed by atoms with van der Waals surface area (Å²) in [5, 5.41) is 3.60. The van der Waals surface area contributed by atoms with E-state index in [2.05, 4.69) is 35.5 Å². The van der Waals surface area contributed by atoms with Gasteiger partial charge in [0.2, 0.25) is 0 Å². The molecular formula is C14H14N2. The van der Waals surface area contributed by atoms with Gasteiger partial charge in [-0.15, -0.1) is 0 Å². The highest BCUT2D eigenvalue weighted by atomic mass is 15.0. The van der Waals surface area contributed by atoms with Gasteiger partial charge in [0.1, 0.15) is 0 Å². The third-order valence-electron chi connectivity index (χ3n) is 2.61. The van der Waals surface area contributed by atoms with Crippen LogP contribution in [0.15, 0.2) is 65.8 Å². The topological polar surface area (TPSA) is 36.2 Å². The smallest absolute Gasteiger partial charge is 0.0986 e. The molecule has 0 aliphatic heterocycles. The fourth-order valence-corrected chi connectivity index (χ4v) is 1.71. The normalized spacial score (nSPS) is 23.8. The Morgan fingerprint density at radius 2 is 1.81 bits per heavy atom. The highest BCUT2D eigenvalue weighted by Crippen LogP contribution is 2.18. The minimum atomic E-state index is -0.0510. The zero-order valence-corrected chi connectivity index (χ0v) is 8.95. The van der Waals surface area contributed by atoms with Crippen LogP contribution in [-0.2, 0) is 0 Å². The molecule has 80 valence electrons. The summed E-state index contributed by atoms with van der Waals surface area (Å²) in [6, 6.07) is 10.1. The fraction of sp³-hybridized carbons (Fsp3) is 0.143. The molecule has 0 saturated carbocycles. The van der Waals surface area contributed by atoms with E-state index >= 15 is 0 Å². The Morgan fingerprint density at radius 3 is 2.56 bits per heavy atom. The molecule has 1 aromatic rings. The zero-order valence-electron chi connectivity index (χ0n) is 8.95. The largest absolute Gasteiger partial charge is 0.209 e. The molecule has 0 bridgehead atoms. The van der Waals surface area contributed by atoms with E-state index in [1.165, 1.54) is 5.56 Å². The molecule has 0 saturated heterocycles. The van der Waals surface area contributed by atoms with E-state index < -0.39 is 0 Å². The van der Waals surface area contributed by atoms with Crippen molar-refractivity contribution in [2.24, 2.45) is 11.0 Å². The maximum absolute atomic E-state index is 7.12. The van der Waals surface area contributed by atoms with Crippen molar-refractivity contribution in [2.75, 3.05) is 0 Å². The van der Waals surface area contributed by atoms with Crippen molar-refractivity contribution in [3.05, 3.63) is 66.3 Å². The van der Waals surface area contributed by atoms with Crippen LogP contribution < -0.4 is 0 Å². The number of rotatable bonds is 3. The van der Waals surface area contributed by atoms with E-state index in [9.17, 15) is 0 Å². The van der Waals surface area contributed by atoms with Gasteiger partial charge in [-0.1, -0.05) is 66.8 Å². The van der Waals surface area contributed by atoms with Crippen LogP contribution in [0.4, 0.5) is 0 Å². The number of nitrogens with zero attached hydrogens (tertiary/aromatic N) is 1. The SMILES string of the molecule is N=NC1C=CC=CC1/C=C/c1ccccc1. The van der Waals surface area contributed by atoms with Gasteiger partial charge >= 0.3 is 0 Å². The standard InChI is InChI=1S/C14H14N2/c15-16-14-9-5-4-8-13(14)11-10-12-6-2-1-3-7-12/h1-11,13-15H/b11-10+,16-15?. The molecule has 2 heteroatoms. The molecule has 2 nitrogen and oxygen atoms in total. The quantitative estimate of drug-likeness (QED) is 0.736. The fourth-order valence-electron chi connectivity index (χ4n) is 1.71. The number of nitrogens with one attached hydrogen (secondary N) is 1. The molecular weight excluding hydrogens is 196 g/mol. The summed E-state index contributed by atoms with van der Waals surface area (Å²) in [6.07, 6.45) is 12.1. The molecule has 0 fully saturated rings. The molecule has 0 radical (unpaired) electrons. The Labute approximate surface area is 95.5 Å². The molecule has 1 aliphatic carbocycles. The first-order chi connectivity index (χ1) is 7.90. The molecule has 0 aromatic heterocycles. The average Bonchev–Trinajstić information content (AvgIpc) is 2.38. The highest BCUT2D eigenvalue weighted by molar-refractivity contribution is 5.50. The number of allylic oxidation sites excluding steroid dienone is 2. The minimum Gasteiger partial charge on any atom is -0.209 e. The van der Waals surface area contributed by atoms with Gasteiger partial charge in [-0.3, -0.25) is 0 Å². The summed E-state index contributed by atoms with van der Waals surface area (Å²) in [5.41, 5.74) is 8.29. The van der Waals surface area contributed by atoms with Crippen LogP contribution in [-0.4, -0.2) is 6.04 Å². The molecule has 1 N–H and O–H groups in total. The Morgan fingerprint density at radius 1 is 1.06 bits per heavy atom. The van der Waals surface area contributed by atoms with Gasteiger partial charge < -0.3 is 0 Å². The number of hydrogen-bond donors (Lipinski definition) is 1. The second kappa shape index (κ2) is 5.21. The molecule has 2 unspecified atom stereocenters. The first-order valence-corrected chi connectivity index (χ1v) is 5.35. The van der Waals surface area contributed by atoms with Crippen LogP contribution in [0, 0.1) is 11.4 Å². The first kappa shape index (κ1) is 10.6. The lowest BCUT2D eigenvalue weighted by atomic mass is 9.95. The van der Waals surface area contributed by atoms with Crippen molar-refractivity contribution in [2.45, 2.75) is 6.04 Å². The van der Waals surface area contributed by atoms with Gasteiger partial charge in [-0.25, -0.2) is 5.53 Å². The number of hydrogen-bond acceptors (Lipinski definition) is 2. The van der Waals surface area contributed by atoms with E-state index in [-0.39, 0.29) is 12.0 Å². The van der Waals surface area contributed by atoms with Gasteiger partial charge in [0, 0.05) is 5.92 Å². The van der Waals surface area contributed by atoms with E-state index in [0.717, 1.165) is 0 Å². The van der Waals surface area contributed by atoms with E-state index in [0.29, 0.717) is 0 Å². The molecule has 1 aliphatic rings. The summed E-state index contributed by atoms with van der Waals surface area (Å²) >= 11 is 0. The minimum absolute atomic E-state index is 0.0510. The van der Waals surface area contributed by atoms with Crippen LogP contribution in [0.25, 0.3) is 6.08 Å². The van der Waals surface area contributed by atoms with E-state index in [1.807, 2.05) is 36.4 Å². The Kier molecular flexibility index (Phi) is 3.44. The van der Waals surface area contributed by atoms with Crippen molar-refractivity contribution in [1.82, 2.24) is 0 Å². The zero-order chi connectivity index (χ0) is 11.2. The molecule has 2 rings (SSSR count). The van der Waals surface area contributed by atoms with Gasteiger partial charge in [-0.05, 0) is 5.56 Å². The Bertz CT molecular complexity index is 429. The summed E-state index contributed by atoms with van der Waals surface area (Å²) in [7, 11) is 0. The third-order valence-corrected chi connectivity index (χ3v) is 2.61. The summed E-state index contributed by atoms with van der Waals surface area (Å²) in [5.74, 6) is 0.197. The van der Waals surface area contributed by atoms with Gasteiger partial charge in [0.05, 0.1) is 6.04 Å². The van der Waals surface area contributed by atoms with E-state index in [1.54, 1.807) is 0 Å². The molecule has 16 heavy (non-hydrogen) atoms. The van der Waals surface area contributed by atoms with Crippen LogP contribution in [0.2, 0.25) is 0 Å². The van der Waals surface area contributed by atoms with Gasteiger partial charge in [0.15, 0.2) is 0 Å². The van der Waals surface area contributed by atoms with Crippen molar-refractivity contribution in [3.8, 4) is 0 Å². The second-order valence-electron chi connectivity index (χ2n) is 3.74. The summed E-state index contributed by atoms with van der Waals surface area (Å²) < 4.78 is 0. The van der Waals surface area contributed by atoms with Crippen molar-refractivity contribution >= 4 is 6.08 Å². The average molecular weight is 210 g/mol. The monoisotopic (exact) mass is 210 g/mol. The molecule has 1 aromatic carbocycles. The van der Waals surface area contributed by atoms with Crippen LogP contribution in [0.3, 0.4) is 0 Å². The van der Waals surface area contributed by atoms with Crippen LogP contribution in [0.5, 0.6) is 0 Å². The summed E-state index contributed by atoms with van der Waals surface area (Å²) in [4.78, 5) is 0. The van der Waals surface area contributed by atoms with Crippen molar-refractivity contribution in [3.63, 3.8) is 0 Å². The number of benzene rings is 1. The van der Waals surface area contributed by atoms with Crippen LogP contribution in [0.1, 0.15) is 5.56 Å². The summed E-state index contributed by atoms with van der Waals surface area (Å²) in [6.45, 7) is 0. The van der Waals surface area contributed by atoms with Crippen molar-refractivity contribution < 1.29 is 0 Å². The Balaban J connectivity index is 2.09. The first-order valence-electron chi connectivity index (χ1n) is 5.35. The molecule has 0 amide bonds. The van der Waals surface area contributed by atoms with E-state index in [4.69, 9.17) is 5.53 Å². The van der Waals surface area contributed by atoms with Gasteiger partial charge in [-0.2, -0.15) is 5.11 Å². The second-order valence-corrected chi connectivity index (χ2v) is 3.74. The predicted molar refractivity (Wildman–Crippen MR) is 66.2 cm³/mol. The molecule has 2 atom stereocenters. The Hall–Kier alpha value is -1.96. The van der Waals surface area contributed by atoms with Crippen LogP contribution >= 0.6 is 0 Å². The van der Waals surface area contributed by atoms with Crippen molar-refractivity contribution in [1.29, 1.82) is 5.53 Å². The van der Waals surface area contributed by atoms with Gasteiger partial charge in [0.25, 0.3) is 0 Å². The maximum Gasteiger partial charge on any atom is 0.0986 e. The lowest BCUT2D eigenvalue weighted by Gasteiger charge is -2.15. The lowest BCUT2D eigenvalue weighted by molar-refractivity contribution is 0.641. The third kappa shape index (κ3) is 2.54. The molecule has 0 spiro atoms.